The van der Waals surface area contributed by atoms with Gasteiger partial charge in [-0.1, -0.05) is 12.1 Å². The number of carbonyl (C=O) groups is 1. The molecule has 23 heavy (non-hydrogen) atoms. The summed E-state index contributed by atoms with van der Waals surface area (Å²) in [7, 11) is -2.54. The van der Waals surface area contributed by atoms with E-state index in [1.807, 2.05) is 19.1 Å². The summed E-state index contributed by atoms with van der Waals surface area (Å²) in [5, 5.41) is 0.764. The van der Waals surface area contributed by atoms with Gasteiger partial charge in [0.05, 0.1) is 12.6 Å². The molecule has 1 aliphatic rings. The first-order valence-electron chi connectivity index (χ1n) is 7.40. The van der Waals surface area contributed by atoms with Crippen LogP contribution < -0.4 is 0 Å². The first-order chi connectivity index (χ1) is 10.9. The van der Waals surface area contributed by atoms with Gasteiger partial charge in [-0.05, 0) is 37.5 Å². The highest BCUT2D eigenvalue weighted by Gasteiger charge is 2.40. The minimum atomic E-state index is -3.81. The number of benzene rings is 1. The number of para-hydroxylation sites is 1. The average molecular weight is 334 g/mol. The second kappa shape index (κ2) is 5.90. The summed E-state index contributed by atoms with van der Waals surface area (Å²) in [4.78, 5) is 16.3. The van der Waals surface area contributed by atoms with Gasteiger partial charge >= 0.3 is 5.97 Å². The molecule has 1 atom stereocenters. The van der Waals surface area contributed by atoms with Gasteiger partial charge < -0.3 is 4.74 Å². The molecule has 1 unspecified atom stereocenters. The molecule has 3 rings (SSSR count). The lowest BCUT2D eigenvalue weighted by atomic mass is 10.2. The fraction of sp³-hybridized carbons (Fsp3) is 0.375. The molecule has 2 aromatic rings. The van der Waals surface area contributed by atoms with E-state index in [4.69, 9.17) is 4.74 Å². The summed E-state index contributed by atoms with van der Waals surface area (Å²) in [6.45, 7) is 2.21. The van der Waals surface area contributed by atoms with E-state index in [2.05, 4.69) is 4.98 Å². The maximum absolute atomic E-state index is 13.0. The minimum Gasteiger partial charge on any atom is -0.468 e. The number of aromatic nitrogens is 1. The Bertz CT molecular complexity index is 864. The molecule has 6 nitrogen and oxygen atoms in total. The number of rotatable bonds is 3. The summed E-state index contributed by atoms with van der Waals surface area (Å²) in [5.74, 6) is -0.518. The Morgan fingerprint density at radius 3 is 2.91 bits per heavy atom. The number of hydrogen-bond donors (Lipinski definition) is 0. The molecule has 0 spiro atoms. The van der Waals surface area contributed by atoms with Crippen molar-refractivity contribution in [3.8, 4) is 0 Å². The Labute approximate surface area is 135 Å². The van der Waals surface area contributed by atoms with Crippen LogP contribution >= 0.6 is 0 Å². The van der Waals surface area contributed by atoms with Crippen molar-refractivity contribution < 1.29 is 17.9 Å². The molecule has 2 heterocycles. The highest BCUT2D eigenvalue weighted by Crippen LogP contribution is 2.30. The highest BCUT2D eigenvalue weighted by molar-refractivity contribution is 7.89. The smallest absolute Gasteiger partial charge is 0.324 e. The molecule has 0 saturated carbocycles. The van der Waals surface area contributed by atoms with E-state index in [0.29, 0.717) is 24.9 Å². The fourth-order valence-electron chi connectivity index (χ4n) is 2.98. The summed E-state index contributed by atoms with van der Waals surface area (Å²) >= 11 is 0. The van der Waals surface area contributed by atoms with Gasteiger partial charge in [-0.2, -0.15) is 4.31 Å². The number of fused-ring (bicyclic) bond motifs is 1. The van der Waals surface area contributed by atoms with Crippen LogP contribution in [0.1, 0.15) is 18.4 Å². The van der Waals surface area contributed by atoms with Crippen molar-refractivity contribution in [2.24, 2.45) is 0 Å². The number of ether oxygens (including phenoxy) is 1. The largest absolute Gasteiger partial charge is 0.468 e. The van der Waals surface area contributed by atoms with Gasteiger partial charge in [0.15, 0.2) is 0 Å². The molecule has 1 saturated heterocycles. The minimum absolute atomic E-state index is 0.130. The topological polar surface area (TPSA) is 76.6 Å². The maximum atomic E-state index is 13.0. The van der Waals surface area contributed by atoms with Crippen molar-refractivity contribution in [3.05, 3.63) is 36.0 Å². The van der Waals surface area contributed by atoms with Gasteiger partial charge in [-0.3, -0.25) is 9.78 Å². The summed E-state index contributed by atoms with van der Waals surface area (Å²) in [6, 6.07) is 6.19. The van der Waals surface area contributed by atoms with E-state index in [1.54, 1.807) is 12.3 Å². The van der Waals surface area contributed by atoms with E-state index >= 15 is 0 Å². The van der Waals surface area contributed by atoms with Crippen molar-refractivity contribution in [3.63, 3.8) is 0 Å². The van der Waals surface area contributed by atoms with Crippen molar-refractivity contribution in [2.45, 2.75) is 30.7 Å². The average Bonchev–Trinajstić information content (AvgIpc) is 3.03. The second-order valence-electron chi connectivity index (χ2n) is 5.64. The number of nitrogens with zero attached hydrogens (tertiary/aromatic N) is 2. The first kappa shape index (κ1) is 15.9. The maximum Gasteiger partial charge on any atom is 0.324 e. The van der Waals surface area contributed by atoms with Crippen molar-refractivity contribution >= 4 is 26.9 Å². The van der Waals surface area contributed by atoms with Crippen LogP contribution in [0.4, 0.5) is 0 Å². The second-order valence-corrected chi connectivity index (χ2v) is 7.50. The highest BCUT2D eigenvalue weighted by atomic mass is 32.2. The van der Waals surface area contributed by atoms with Gasteiger partial charge in [-0.15, -0.1) is 0 Å². The van der Waals surface area contributed by atoms with Gasteiger partial charge in [0.25, 0.3) is 0 Å². The zero-order chi connectivity index (χ0) is 16.6. The third-order valence-corrected chi connectivity index (χ3v) is 6.01. The Kier molecular flexibility index (Phi) is 4.08. The lowest BCUT2D eigenvalue weighted by Gasteiger charge is -2.22. The summed E-state index contributed by atoms with van der Waals surface area (Å²) in [6.07, 6.45) is 2.75. The van der Waals surface area contributed by atoms with Crippen molar-refractivity contribution in [1.29, 1.82) is 0 Å². The van der Waals surface area contributed by atoms with Crippen LogP contribution in [-0.4, -0.2) is 43.4 Å². The first-order valence-corrected chi connectivity index (χ1v) is 8.84. The number of pyridine rings is 1. The Balaban J connectivity index is 2.12. The molecule has 122 valence electrons. The van der Waals surface area contributed by atoms with E-state index in [0.717, 1.165) is 10.9 Å². The number of esters is 1. The number of methoxy groups -OCH3 is 1. The zero-order valence-electron chi connectivity index (χ0n) is 13.0. The Morgan fingerprint density at radius 2 is 2.17 bits per heavy atom. The van der Waals surface area contributed by atoms with Crippen LogP contribution in [0.15, 0.2) is 35.4 Å². The van der Waals surface area contributed by atoms with Gasteiger partial charge in [-0.25, -0.2) is 8.42 Å². The third kappa shape index (κ3) is 2.70. The van der Waals surface area contributed by atoms with E-state index in [9.17, 15) is 13.2 Å². The number of sulfonamides is 1. The van der Waals surface area contributed by atoms with E-state index in [-0.39, 0.29) is 4.90 Å². The van der Waals surface area contributed by atoms with Crippen molar-refractivity contribution in [2.75, 3.05) is 13.7 Å². The molecule has 7 heteroatoms. The van der Waals surface area contributed by atoms with Gasteiger partial charge in [0.1, 0.15) is 10.9 Å². The lowest BCUT2D eigenvalue weighted by molar-refractivity contribution is -0.144. The van der Waals surface area contributed by atoms with Crippen LogP contribution in [0, 0.1) is 6.92 Å². The third-order valence-electron chi connectivity index (χ3n) is 4.07. The normalized spacial score (nSPS) is 19.1. The summed E-state index contributed by atoms with van der Waals surface area (Å²) < 4.78 is 32.1. The number of carbonyl (C=O) groups excluding carboxylic acids is 1. The van der Waals surface area contributed by atoms with Crippen LogP contribution in [0.25, 0.3) is 10.9 Å². The summed E-state index contributed by atoms with van der Waals surface area (Å²) in [5.41, 5.74) is 1.38. The van der Waals surface area contributed by atoms with Gasteiger partial charge in [0, 0.05) is 18.1 Å². The Morgan fingerprint density at radius 1 is 1.39 bits per heavy atom. The lowest BCUT2D eigenvalue weighted by Crippen LogP contribution is -2.41. The molecular formula is C16H18N2O4S. The molecule has 0 aliphatic carbocycles. The standard InChI is InChI=1S/C16H18N2O4S/c1-11-9-12-5-3-7-14(15(12)17-10-11)23(20,21)18-8-4-6-13(18)16(19)22-2/h3,5,7,9-10,13H,4,6,8H2,1-2H3. The monoisotopic (exact) mass is 334 g/mol. The molecule has 1 aliphatic heterocycles. The van der Waals surface area contributed by atoms with E-state index < -0.39 is 22.0 Å². The van der Waals surface area contributed by atoms with Crippen molar-refractivity contribution in [1.82, 2.24) is 9.29 Å². The SMILES string of the molecule is COC(=O)C1CCCN1S(=O)(=O)c1cccc2cc(C)cnc12. The molecule has 0 amide bonds. The fourth-order valence-corrected chi connectivity index (χ4v) is 4.79. The zero-order valence-corrected chi connectivity index (χ0v) is 13.8. The van der Waals surface area contributed by atoms with Crippen LogP contribution in [0.3, 0.4) is 0 Å². The van der Waals surface area contributed by atoms with E-state index in [1.165, 1.54) is 17.5 Å². The number of aryl methyl sites for hydroxylation is 1. The predicted molar refractivity (Wildman–Crippen MR) is 85.4 cm³/mol. The van der Waals surface area contributed by atoms with Crippen LogP contribution in [0.2, 0.25) is 0 Å². The number of hydrogen-bond acceptors (Lipinski definition) is 5. The molecule has 1 aromatic carbocycles. The predicted octanol–water partition coefficient (Wildman–Crippen LogP) is 1.87. The Hall–Kier alpha value is -1.99. The van der Waals surface area contributed by atoms with Crippen LogP contribution in [0.5, 0.6) is 0 Å². The molecule has 0 N–H and O–H groups in total. The molecular weight excluding hydrogens is 316 g/mol. The molecule has 1 aromatic heterocycles. The van der Waals surface area contributed by atoms with Crippen LogP contribution in [-0.2, 0) is 19.6 Å². The molecule has 1 fully saturated rings. The molecule has 0 radical (unpaired) electrons. The molecule has 0 bridgehead atoms. The quantitative estimate of drug-likeness (QED) is 0.801. The van der Waals surface area contributed by atoms with Gasteiger partial charge in [0.2, 0.25) is 10.0 Å².